The number of hydrogen-bond acceptors (Lipinski definition) is 4. The van der Waals surface area contributed by atoms with Gasteiger partial charge in [-0.1, -0.05) is 0 Å². The molecule has 1 unspecified atom stereocenters. The van der Waals surface area contributed by atoms with Gasteiger partial charge >= 0.3 is 0 Å². The Kier molecular flexibility index (Phi) is 2.76. The highest BCUT2D eigenvalue weighted by molar-refractivity contribution is 5.92. The largest absolute Gasteiger partial charge is 0.335 e. The van der Waals surface area contributed by atoms with Crippen LogP contribution in [0.15, 0.2) is 31.1 Å². The van der Waals surface area contributed by atoms with E-state index in [0.717, 1.165) is 18.8 Å². The SMILES string of the molecule is O=C(Nc1cncnc1)C1CCn2ccnc2C1. The fraction of sp³-hybridized carbons (Fsp3) is 0.333. The molecule has 2 aromatic rings. The summed E-state index contributed by atoms with van der Waals surface area (Å²) in [7, 11) is 0. The molecule has 1 amide bonds. The summed E-state index contributed by atoms with van der Waals surface area (Å²) in [5, 5.41) is 2.83. The normalized spacial score (nSPS) is 18.1. The summed E-state index contributed by atoms with van der Waals surface area (Å²) in [6.07, 6.45) is 9.88. The molecule has 0 radical (unpaired) electrons. The molecule has 92 valence electrons. The first-order chi connectivity index (χ1) is 8.83. The minimum absolute atomic E-state index is 0.0130. The van der Waals surface area contributed by atoms with Crippen LogP contribution in [0.25, 0.3) is 0 Å². The third-order valence-corrected chi connectivity index (χ3v) is 3.15. The molecule has 1 aliphatic rings. The van der Waals surface area contributed by atoms with Crippen LogP contribution < -0.4 is 5.32 Å². The van der Waals surface area contributed by atoms with Crippen LogP contribution in [0.3, 0.4) is 0 Å². The number of amides is 1. The van der Waals surface area contributed by atoms with Crippen LogP contribution in [0, 0.1) is 5.92 Å². The van der Waals surface area contributed by atoms with E-state index in [1.165, 1.54) is 6.33 Å². The first-order valence-electron chi connectivity index (χ1n) is 5.89. The Bertz CT molecular complexity index is 551. The second-order valence-corrected chi connectivity index (χ2v) is 4.34. The van der Waals surface area contributed by atoms with Crippen LogP contribution in [0.4, 0.5) is 5.69 Å². The highest BCUT2D eigenvalue weighted by atomic mass is 16.1. The summed E-state index contributed by atoms with van der Waals surface area (Å²) in [5.74, 6) is 0.963. The lowest BCUT2D eigenvalue weighted by Crippen LogP contribution is -2.30. The first-order valence-corrected chi connectivity index (χ1v) is 5.89. The number of anilines is 1. The van der Waals surface area contributed by atoms with Crippen molar-refractivity contribution in [3.05, 3.63) is 36.9 Å². The van der Waals surface area contributed by atoms with Gasteiger partial charge in [-0.05, 0) is 6.42 Å². The zero-order valence-corrected chi connectivity index (χ0v) is 9.78. The van der Waals surface area contributed by atoms with Crippen LogP contribution in [-0.4, -0.2) is 25.4 Å². The summed E-state index contributed by atoms with van der Waals surface area (Å²) < 4.78 is 2.09. The molecule has 2 aromatic heterocycles. The van der Waals surface area contributed by atoms with Crippen molar-refractivity contribution in [2.45, 2.75) is 19.4 Å². The highest BCUT2D eigenvalue weighted by Gasteiger charge is 2.25. The molecule has 6 heteroatoms. The maximum Gasteiger partial charge on any atom is 0.228 e. The maximum atomic E-state index is 12.1. The third kappa shape index (κ3) is 2.09. The van der Waals surface area contributed by atoms with Gasteiger partial charge in [0.2, 0.25) is 5.91 Å². The van der Waals surface area contributed by atoms with E-state index in [2.05, 4.69) is 24.8 Å². The molecule has 0 saturated heterocycles. The number of carbonyl (C=O) groups excluding carboxylic acids is 1. The van der Waals surface area contributed by atoms with Crippen LogP contribution in [0.1, 0.15) is 12.2 Å². The highest BCUT2D eigenvalue weighted by Crippen LogP contribution is 2.20. The van der Waals surface area contributed by atoms with Crippen molar-refractivity contribution < 1.29 is 4.79 Å². The van der Waals surface area contributed by atoms with Gasteiger partial charge in [-0.25, -0.2) is 15.0 Å². The van der Waals surface area contributed by atoms with E-state index in [4.69, 9.17) is 0 Å². The molecule has 3 heterocycles. The fourth-order valence-corrected chi connectivity index (χ4v) is 2.18. The average molecular weight is 243 g/mol. The molecular weight excluding hydrogens is 230 g/mol. The summed E-state index contributed by atoms with van der Waals surface area (Å²) in [6.45, 7) is 0.846. The lowest BCUT2D eigenvalue weighted by atomic mass is 9.97. The number of carbonyl (C=O) groups is 1. The summed E-state index contributed by atoms with van der Waals surface area (Å²) >= 11 is 0. The van der Waals surface area contributed by atoms with Crippen LogP contribution in [-0.2, 0) is 17.8 Å². The molecule has 0 aromatic carbocycles. The summed E-state index contributed by atoms with van der Waals surface area (Å²) in [6, 6.07) is 0. The molecule has 6 nitrogen and oxygen atoms in total. The topological polar surface area (TPSA) is 72.7 Å². The van der Waals surface area contributed by atoms with Crippen molar-refractivity contribution in [1.29, 1.82) is 0 Å². The first kappa shape index (κ1) is 10.9. The van der Waals surface area contributed by atoms with E-state index in [-0.39, 0.29) is 11.8 Å². The molecule has 0 bridgehead atoms. The van der Waals surface area contributed by atoms with Crippen molar-refractivity contribution in [3.63, 3.8) is 0 Å². The molecule has 0 aliphatic carbocycles. The molecule has 0 spiro atoms. The van der Waals surface area contributed by atoms with Crippen molar-refractivity contribution >= 4 is 11.6 Å². The van der Waals surface area contributed by atoms with E-state index in [9.17, 15) is 4.79 Å². The van der Waals surface area contributed by atoms with E-state index in [1.54, 1.807) is 18.6 Å². The fourth-order valence-electron chi connectivity index (χ4n) is 2.18. The van der Waals surface area contributed by atoms with Gasteiger partial charge < -0.3 is 9.88 Å². The minimum atomic E-state index is -0.0277. The number of aromatic nitrogens is 4. The van der Waals surface area contributed by atoms with Gasteiger partial charge in [0, 0.05) is 31.3 Å². The molecule has 0 saturated carbocycles. The second-order valence-electron chi connectivity index (χ2n) is 4.34. The van der Waals surface area contributed by atoms with Gasteiger partial charge in [-0.15, -0.1) is 0 Å². The smallest absolute Gasteiger partial charge is 0.228 e. The van der Waals surface area contributed by atoms with Gasteiger partial charge in [-0.3, -0.25) is 4.79 Å². The van der Waals surface area contributed by atoms with Crippen molar-refractivity contribution in [1.82, 2.24) is 19.5 Å². The Labute approximate surface area is 104 Å². The molecule has 1 N–H and O–H groups in total. The van der Waals surface area contributed by atoms with Crippen molar-refractivity contribution in [2.75, 3.05) is 5.32 Å². The maximum absolute atomic E-state index is 12.1. The van der Waals surface area contributed by atoms with Gasteiger partial charge in [0.15, 0.2) is 0 Å². The van der Waals surface area contributed by atoms with E-state index in [0.29, 0.717) is 12.1 Å². The van der Waals surface area contributed by atoms with Crippen molar-refractivity contribution in [2.24, 2.45) is 5.92 Å². The number of imidazole rings is 1. The summed E-state index contributed by atoms with van der Waals surface area (Å²) in [5.41, 5.74) is 0.636. The average Bonchev–Trinajstić information content (AvgIpc) is 2.87. The Morgan fingerprint density at radius 2 is 2.22 bits per heavy atom. The molecule has 0 fully saturated rings. The van der Waals surface area contributed by atoms with Gasteiger partial charge in [0.25, 0.3) is 0 Å². The van der Waals surface area contributed by atoms with E-state index >= 15 is 0 Å². The Morgan fingerprint density at radius 1 is 1.39 bits per heavy atom. The standard InChI is InChI=1S/C12H13N5O/c18-12(16-10-6-13-8-14-7-10)9-1-3-17-4-2-15-11(17)5-9/h2,4,6-9H,1,3,5H2,(H,16,18). The third-order valence-electron chi connectivity index (χ3n) is 3.15. The molecule has 18 heavy (non-hydrogen) atoms. The molecular formula is C12H13N5O. The predicted octanol–water partition coefficient (Wildman–Crippen LogP) is 0.874. The lowest BCUT2D eigenvalue weighted by molar-refractivity contribution is -0.120. The lowest BCUT2D eigenvalue weighted by Gasteiger charge is -2.22. The second kappa shape index (κ2) is 4.56. The predicted molar refractivity (Wildman–Crippen MR) is 64.7 cm³/mol. The van der Waals surface area contributed by atoms with Crippen molar-refractivity contribution in [3.8, 4) is 0 Å². The Morgan fingerprint density at radius 3 is 3.06 bits per heavy atom. The molecule has 1 atom stereocenters. The number of aryl methyl sites for hydroxylation is 1. The number of rotatable bonds is 2. The van der Waals surface area contributed by atoms with Gasteiger partial charge in [0.1, 0.15) is 12.2 Å². The molecule has 1 aliphatic heterocycles. The zero-order chi connectivity index (χ0) is 12.4. The van der Waals surface area contributed by atoms with Gasteiger partial charge in [-0.2, -0.15) is 0 Å². The van der Waals surface area contributed by atoms with Gasteiger partial charge in [0.05, 0.1) is 18.1 Å². The van der Waals surface area contributed by atoms with Crippen LogP contribution in [0.2, 0.25) is 0 Å². The Hall–Kier alpha value is -2.24. The quantitative estimate of drug-likeness (QED) is 0.849. The minimum Gasteiger partial charge on any atom is -0.335 e. The zero-order valence-electron chi connectivity index (χ0n) is 9.78. The number of fused-ring (bicyclic) bond motifs is 1. The van der Waals surface area contributed by atoms with E-state index in [1.807, 2.05) is 6.20 Å². The number of hydrogen-bond donors (Lipinski definition) is 1. The van der Waals surface area contributed by atoms with Crippen LogP contribution in [0.5, 0.6) is 0 Å². The number of nitrogens with one attached hydrogen (secondary N) is 1. The Balaban J connectivity index is 1.68. The molecule has 3 rings (SSSR count). The van der Waals surface area contributed by atoms with Crippen LogP contribution >= 0.6 is 0 Å². The number of nitrogens with zero attached hydrogens (tertiary/aromatic N) is 4. The monoisotopic (exact) mass is 243 g/mol. The summed E-state index contributed by atoms with van der Waals surface area (Å²) in [4.78, 5) is 24.1. The van der Waals surface area contributed by atoms with E-state index < -0.39 is 0 Å².